The molecule has 7 nitrogen and oxygen atoms in total. The van der Waals surface area contributed by atoms with Crippen LogP contribution in [-0.4, -0.2) is 27.0 Å². The molecule has 2 aromatic carbocycles. The van der Waals surface area contributed by atoms with Crippen LogP contribution >= 0.6 is 0 Å². The minimum absolute atomic E-state index is 0.112. The molecule has 0 aliphatic carbocycles. The van der Waals surface area contributed by atoms with Gasteiger partial charge in [0.25, 0.3) is 5.69 Å². The van der Waals surface area contributed by atoms with Crippen molar-refractivity contribution in [2.24, 2.45) is 0 Å². The second kappa shape index (κ2) is 8.37. The van der Waals surface area contributed by atoms with Gasteiger partial charge >= 0.3 is 12.2 Å². The summed E-state index contributed by atoms with van der Waals surface area (Å²) in [4.78, 5) is 25.9. The molecule has 32 heavy (non-hydrogen) atoms. The van der Waals surface area contributed by atoms with Gasteiger partial charge in [0.15, 0.2) is 0 Å². The molecule has 1 aliphatic rings. The van der Waals surface area contributed by atoms with E-state index in [0.29, 0.717) is 25.1 Å². The lowest BCUT2D eigenvalue weighted by Crippen LogP contribution is -2.39. The van der Waals surface area contributed by atoms with Crippen molar-refractivity contribution in [3.63, 3.8) is 0 Å². The molecule has 1 aliphatic heterocycles. The van der Waals surface area contributed by atoms with Gasteiger partial charge in [0.05, 0.1) is 16.1 Å². The van der Waals surface area contributed by atoms with Crippen molar-refractivity contribution in [2.75, 3.05) is 11.9 Å². The molecule has 4 rings (SSSR count). The topological polar surface area (TPSA) is 80.4 Å². The molecular weight excluding hydrogens is 425 g/mol. The Hall–Kier alpha value is -3.82. The molecule has 0 fully saturated rings. The number of halogens is 3. The molecule has 0 radical (unpaired) electrons. The van der Waals surface area contributed by atoms with Crippen molar-refractivity contribution in [1.82, 2.24) is 9.47 Å². The van der Waals surface area contributed by atoms with E-state index in [0.717, 1.165) is 17.8 Å². The number of carbonyl (C=O) groups is 1. The van der Waals surface area contributed by atoms with Crippen LogP contribution in [0.4, 0.5) is 29.3 Å². The van der Waals surface area contributed by atoms with Crippen molar-refractivity contribution in [3.05, 3.63) is 93.8 Å². The summed E-state index contributed by atoms with van der Waals surface area (Å²) in [6.45, 7) is 0.939. The summed E-state index contributed by atoms with van der Waals surface area (Å²) in [5.41, 5.74) is 0.352. The normalized spacial score (nSPS) is 16.2. The first-order valence-corrected chi connectivity index (χ1v) is 9.89. The zero-order valence-corrected chi connectivity index (χ0v) is 16.7. The standard InChI is InChI=1S/C22H19F3N4O3/c23-22(24,25)15-8-10-16(11-9-15)26-21(30)28-14-4-13-27-12-3-7-19(27)20(28)17-5-1-2-6-18(17)29(31)32/h1-3,5-12,20H,4,13-14H2,(H,26,30). The van der Waals surface area contributed by atoms with Crippen molar-refractivity contribution in [2.45, 2.75) is 25.2 Å². The highest BCUT2D eigenvalue weighted by molar-refractivity contribution is 5.90. The predicted molar refractivity (Wildman–Crippen MR) is 111 cm³/mol. The highest BCUT2D eigenvalue weighted by Crippen LogP contribution is 2.37. The number of alkyl halides is 3. The monoisotopic (exact) mass is 444 g/mol. The fourth-order valence-corrected chi connectivity index (χ4v) is 3.95. The van der Waals surface area contributed by atoms with E-state index < -0.39 is 28.7 Å². The Morgan fingerprint density at radius 3 is 2.44 bits per heavy atom. The second-order valence-corrected chi connectivity index (χ2v) is 7.40. The van der Waals surface area contributed by atoms with Gasteiger partial charge < -0.3 is 14.8 Å². The molecule has 0 saturated carbocycles. The third-order valence-corrected chi connectivity index (χ3v) is 5.41. The van der Waals surface area contributed by atoms with E-state index in [4.69, 9.17) is 0 Å². The summed E-state index contributed by atoms with van der Waals surface area (Å²) in [7, 11) is 0. The van der Waals surface area contributed by atoms with Crippen molar-refractivity contribution in [3.8, 4) is 0 Å². The van der Waals surface area contributed by atoms with E-state index in [2.05, 4.69) is 5.32 Å². The Kier molecular flexibility index (Phi) is 5.60. The summed E-state index contributed by atoms with van der Waals surface area (Å²) in [6, 6.07) is 12.7. The van der Waals surface area contributed by atoms with Gasteiger partial charge in [0.2, 0.25) is 0 Å². The number of aromatic nitrogens is 1. The van der Waals surface area contributed by atoms with Crippen LogP contribution in [0.2, 0.25) is 0 Å². The lowest BCUT2D eigenvalue weighted by molar-refractivity contribution is -0.385. The summed E-state index contributed by atoms with van der Waals surface area (Å²) >= 11 is 0. The molecule has 10 heteroatoms. The van der Waals surface area contributed by atoms with E-state index in [1.807, 2.05) is 22.9 Å². The van der Waals surface area contributed by atoms with Gasteiger partial charge in [-0.1, -0.05) is 12.1 Å². The third-order valence-electron chi connectivity index (χ3n) is 5.41. The van der Waals surface area contributed by atoms with E-state index in [1.54, 1.807) is 18.2 Å². The van der Waals surface area contributed by atoms with Crippen LogP contribution in [0.5, 0.6) is 0 Å². The van der Waals surface area contributed by atoms with Crippen LogP contribution in [0.1, 0.15) is 29.3 Å². The fraction of sp³-hybridized carbons (Fsp3) is 0.227. The number of rotatable bonds is 3. The number of fused-ring (bicyclic) bond motifs is 1. The van der Waals surface area contributed by atoms with Crippen LogP contribution in [-0.2, 0) is 12.7 Å². The Balaban J connectivity index is 1.70. The van der Waals surface area contributed by atoms with E-state index in [1.165, 1.54) is 23.1 Å². The second-order valence-electron chi connectivity index (χ2n) is 7.40. The summed E-state index contributed by atoms with van der Waals surface area (Å²) in [5.74, 6) is 0. The Bertz CT molecular complexity index is 1140. The average Bonchev–Trinajstić information content (AvgIpc) is 3.13. The molecule has 1 atom stereocenters. The van der Waals surface area contributed by atoms with Gasteiger partial charge in [-0.3, -0.25) is 10.1 Å². The number of amides is 2. The quantitative estimate of drug-likeness (QED) is 0.431. The van der Waals surface area contributed by atoms with Crippen LogP contribution in [0.15, 0.2) is 66.9 Å². The first-order valence-electron chi connectivity index (χ1n) is 9.89. The molecule has 1 N–H and O–H groups in total. The van der Waals surface area contributed by atoms with Crippen LogP contribution in [0.25, 0.3) is 0 Å². The molecule has 0 saturated heterocycles. The van der Waals surface area contributed by atoms with E-state index in [-0.39, 0.29) is 11.4 Å². The van der Waals surface area contributed by atoms with Gasteiger partial charge in [-0.25, -0.2) is 4.79 Å². The maximum atomic E-state index is 13.2. The lowest BCUT2D eigenvalue weighted by atomic mass is 10.00. The molecular formula is C22H19F3N4O3. The van der Waals surface area contributed by atoms with Crippen molar-refractivity contribution < 1.29 is 22.9 Å². The van der Waals surface area contributed by atoms with Crippen molar-refractivity contribution in [1.29, 1.82) is 0 Å². The number of nitrogens with zero attached hydrogens (tertiary/aromatic N) is 3. The number of carbonyl (C=O) groups excluding carboxylic acids is 1. The predicted octanol–water partition coefficient (Wildman–Crippen LogP) is 5.44. The zero-order chi connectivity index (χ0) is 22.9. The van der Waals surface area contributed by atoms with Gasteiger partial charge in [-0.15, -0.1) is 0 Å². The maximum Gasteiger partial charge on any atom is 0.416 e. The summed E-state index contributed by atoms with van der Waals surface area (Å²) < 4.78 is 40.4. The molecule has 1 unspecified atom stereocenters. The van der Waals surface area contributed by atoms with Gasteiger partial charge in [0, 0.05) is 36.7 Å². The number of aryl methyl sites for hydroxylation is 1. The first kappa shape index (κ1) is 21.4. The number of anilines is 1. The average molecular weight is 444 g/mol. The van der Waals surface area contributed by atoms with E-state index in [9.17, 15) is 28.1 Å². The third kappa shape index (κ3) is 4.16. The number of nitro benzene ring substituents is 1. The Labute approximate surface area is 181 Å². The number of hydrogen-bond donors (Lipinski definition) is 1. The van der Waals surface area contributed by atoms with E-state index >= 15 is 0 Å². The number of nitro groups is 1. The Morgan fingerprint density at radius 2 is 1.75 bits per heavy atom. The molecule has 3 aromatic rings. The number of para-hydroxylation sites is 1. The zero-order valence-electron chi connectivity index (χ0n) is 16.7. The fourth-order valence-electron chi connectivity index (χ4n) is 3.95. The Morgan fingerprint density at radius 1 is 1.03 bits per heavy atom. The molecule has 0 bridgehead atoms. The van der Waals surface area contributed by atoms with Crippen LogP contribution in [0, 0.1) is 10.1 Å². The summed E-state index contributed by atoms with van der Waals surface area (Å²) in [5, 5.41) is 14.3. The smallest absolute Gasteiger partial charge is 0.349 e. The van der Waals surface area contributed by atoms with Crippen LogP contribution < -0.4 is 5.32 Å². The van der Waals surface area contributed by atoms with Crippen LogP contribution in [0.3, 0.4) is 0 Å². The molecule has 1 aromatic heterocycles. The highest BCUT2D eigenvalue weighted by atomic mass is 19.4. The molecule has 2 amide bonds. The van der Waals surface area contributed by atoms with Gasteiger partial charge in [-0.05, 0) is 48.9 Å². The molecule has 166 valence electrons. The number of benzene rings is 2. The molecule has 2 heterocycles. The minimum atomic E-state index is -4.48. The minimum Gasteiger partial charge on any atom is -0.349 e. The number of hydrogen-bond acceptors (Lipinski definition) is 3. The van der Waals surface area contributed by atoms with Crippen molar-refractivity contribution >= 4 is 17.4 Å². The maximum absolute atomic E-state index is 13.2. The highest BCUT2D eigenvalue weighted by Gasteiger charge is 2.35. The lowest BCUT2D eigenvalue weighted by Gasteiger charge is -2.30. The summed E-state index contributed by atoms with van der Waals surface area (Å²) in [6.07, 6.45) is -2.01. The molecule has 0 spiro atoms. The first-order chi connectivity index (χ1) is 15.3. The number of urea groups is 1. The van der Waals surface area contributed by atoms with Gasteiger partial charge in [0.1, 0.15) is 6.04 Å². The number of nitrogens with one attached hydrogen (secondary N) is 1. The largest absolute Gasteiger partial charge is 0.416 e. The SMILES string of the molecule is O=C(Nc1ccc(C(F)(F)F)cc1)N1CCCn2cccc2C1c1ccccc1[N+](=O)[O-]. The van der Waals surface area contributed by atoms with Gasteiger partial charge in [-0.2, -0.15) is 13.2 Å².